The van der Waals surface area contributed by atoms with Crippen LogP contribution >= 0.6 is 0 Å². The van der Waals surface area contributed by atoms with Crippen molar-refractivity contribution in [2.45, 2.75) is 32.6 Å². The van der Waals surface area contributed by atoms with Crippen molar-refractivity contribution in [3.8, 4) is 5.75 Å². The molecule has 0 aromatic heterocycles. The molecular formula is C32H40N4O4. The Labute approximate surface area is 237 Å². The van der Waals surface area contributed by atoms with Gasteiger partial charge in [-0.25, -0.2) is 4.79 Å². The topological polar surface area (TPSA) is 91.9 Å². The molecule has 4 rings (SSSR count). The summed E-state index contributed by atoms with van der Waals surface area (Å²) in [4.78, 5) is 28.4. The molecule has 0 unspecified atom stereocenters. The van der Waals surface area contributed by atoms with Gasteiger partial charge in [0.05, 0.1) is 18.4 Å². The van der Waals surface area contributed by atoms with Crippen LogP contribution in [-0.2, 0) is 11.2 Å². The Kier molecular flexibility index (Phi) is 10.8. The lowest BCUT2D eigenvalue weighted by molar-refractivity contribution is 0.0944. The van der Waals surface area contributed by atoms with Gasteiger partial charge in [0.15, 0.2) is 0 Å². The molecule has 8 nitrogen and oxygen atoms in total. The number of hydrogen-bond acceptors (Lipinski definition) is 5. The van der Waals surface area contributed by atoms with Crippen LogP contribution in [0.1, 0.15) is 42.1 Å². The van der Waals surface area contributed by atoms with Gasteiger partial charge in [-0.15, -0.1) is 0 Å². The lowest BCUT2D eigenvalue weighted by atomic mass is 9.89. The molecule has 3 N–H and O–H groups in total. The predicted molar refractivity (Wildman–Crippen MR) is 161 cm³/mol. The Balaban J connectivity index is 1.45. The third-order valence-electron chi connectivity index (χ3n) is 7.13. The first-order valence-electron chi connectivity index (χ1n) is 14.1. The molecule has 1 aliphatic heterocycles. The van der Waals surface area contributed by atoms with Crippen molar-refractivity contribution < 1.29 is 19.1 Å². The van der Waals surface area contributed by atoms with E-state index in [4.69, 9.17) is 9.47 Å². The molecule has 3 amide bonds. The highest BCUT2D eigenvalue weighted by atomic mass is 16.5. The Morgan fingerprint density at radius 2 is 1.70 bits per heavy atom. The van der Waals surface area contributed by atoms with E-state index in [1.54, 1.807) is 25.3 Å². The van der Waals surface area contributed by atoms with Crippen molar-refractivity contribution in [1.82, 2.24) is 5.32 Å². The number of nitrogens with zero attached hydrogens (tertiary/aromatic N) is 1. The molecule has 1 heterocycles. The number of piperidine rings is 1. The van der Waals surface area contributed by atoms with E-state index in [2.05, 4.69) is 51.2 Å². The summed E-state index contributed by atoms with van der Waals surface area (Å²) in [6.07, 6.45) is 3.93. The molecule has 1 aliphatic rings. The largest absolute Gasteiger partial charge is 0.495 e. The summed E-state index contributed by atoms with van der Waals surface area (Å²) >= 11 is 0. The Morgan fingerprint density at radius 1 is 0.950 bits per heavy atom. The second-order valence-electron chi connectivity index (χ2n) is 9.94. The molecule has 0 saturated carbocycles. The number of amides is 3. The minimum absolute atomic E-state index is 0.160. The third kappa shape index (κ3) is 8.23. The molecule has 8 heteroatoms. The van der Waals surface area contributed by atoms with Crippen LogP contribution in [0.4, 0.5) is 21.9 Å². The van der Waals surface area contributed by atoms with Crippen LogP contribution in [0.15, 0.2) is 72.8 Å². The molecule has 3 aromatic rings. The van der Waals surface area contributed by atoms with Gasteiger partial charge in [0, 0.05) is 44.2 Å². The summed E-state index contributed by atoms with van der Waals surface area (Å²) in [5, 5.41) is 8.70. The molecule has 0 bridgehead atoms. The average Bonchev–Trinajstić information content (AvgIpc) is 2.98. The van der Waals surface area contributed by atoms with Crippen LogP contribution in [0.25, 0.3) is 0 Å². The summed E-state index contributed by atoms with van der Waals surface area (Å²) in [5.74, 6) is 1.02. The minimum atomic E-state index is -0.415. The highest BCUT2D eigenvalue weighted by molar-refractivity contribution is 6.04. The smallest absolute Gasteiger partial charge is 0.323 e. The van der Waals surface area contributed by atoms with E-state index in [0.717, 1.165) is 44.5 Å². The average molecular weight is 545 g/mol. The second-order valence-corrected chi connectivity index (χ2v) is 9.94. The van der Waals surface area contributed by atoms with Crippen molar-refractivity contribution >= 4 is 29.0 Å². The number of anilines is 3. The number of carbonyl (C=O) groups is 2. The summed E-state index contributed by atoms with van der Waals surface area (Å²) in [6, 6.07) is 22.9. The Hall–Kier alpha value is -4.04. The van der Waals surface area contributed by atoms with Crippen LogP contribution < -0.4 is 25.6 Å². The van der Waals surface area contributed by atoms with Crippen LogP contribution in [0.5, 0.6) is 5.75 Å². The van der Waals surface area contributed by atoms with Gasteiger partial charge in [-0.3, -0.25) is 4.79 Å². The summed E-state index contributed by atoms with van der Waals surface area (Å²) in [6.45, 7) is 5.48. The number of urea groups is 1. The van der Waals surface area contributed by atoms with E-state index in [1.165, 1.54) is 5.56 Å². The van der Waals surface area contributed by atoms with Crippen LogP contribution in [-0.4, -0.2) is 51.9 Å². The number of hydrogen-bond donors (Lipinski definition) is 3. The van der Waals surface area contributed by atoms with Gasteiger partial charge in [-0.1, -0.05) is 42.5 Å². The van der Waals surface area contributed by atoms with Crippen molar-refractivity contribution in [2.75, 3.05) is 55.5 Å². The van der Waals surface area contributed by atoms with E-state index in [1.807, 2.05) is 31.2 Å². The zero-order valence-corrected chi connectivity index (χ0v) is 23.4. The summed E-state index contributed by atoms with van der Waals surface area (Å²) < 4.78 is 10.7. The lowest BCUT2D eigenvalue weighted by Crippen LogP contribution is -2.36. The summed E-state index contributed by atoms with van der Waals surface area (Å²) in [5.41, 5.74) is 3.90. The summed E-state index contributed by atoms with van der Waals surface area (Å²) in [7, 11) is 1.56. The third-order valence-corrected chi connectivity index (χ3v) is 7.13. The van der Waals surface area contributed by atoms with Gasteiger partial charge in [0.2, 0.25) is 0 Å². The van der Waals surface area contributed by atoms with Gasteiger partial charge in [-0.2, -0.15) is 0 Å². The molecule has 40 heavy (non-hydrogen) atoms. The fourth-order valence-electron chi connectivity index (χ4n) is 5.05. The van der Waals surface area contributed by atoms with E-state index >= 15 is 0 Å². The van der Waals surface area contributed by atoms with Crippen molar-refractivity contribution in [3.05, 3.63) is 83.9 Å². The number of methoxy groups -OCH3 is 1. The first kappa shape index (κ1) is 29.0. The number of para-hydroxylation sites is 2. The van der Waals surface area contributed by atoms with Gasteiger partial charge >= 0.3 is 6.03 Å². The quantitative estimate of drug-likeness (QED) is 0.245. The normalized spacial score (nSPS) is 13.5. The van der Waals surface area contributed by atoms with E-state index in [0.29, 0.717) is 48.4 Å². The molecular weight excluding hydrogens is 504 g/mol. The maximum Gasteiger partial charge on any atom is 0.323 e. The molecule has 0 spiro atoms. The number of carbonyl (C=O) groups excluding carboxylic acids is 2. The molecule has 3 aromatic carbocycles. The Bertz CT molecular complexity index is 1240. The second kappa shape index (κ2) is 14.9. The first-order chi connectivity index (χ1) is 19.6. The molecule has 212 valence electrons. The zero-order chi connectivity index (χ0) is 28.2. The van der Waals surface area contributed by atoms with Gasteiger partial charge in [-0.05, 0) is 74.4 Å². The SMILES string of the molecule is CCOCCCNC(=O)c1cc(NC(=O)Nc2ccccc2OC)ccc1N1CCC(Cc2ccccc2)CC1. The standard InChI is InChI=1S/C32H40N4O4/c1-3-40-21-9-18-33-31(37)27-23-26(34-32(38)35-28-12-7-8-13-30(28)39-2)14-15-29(27)36-19-16-25(17-20-36)22-24-10-5-4-6-11-24/h4-8,10-15,23,25H,3,9,16-22H2,1-2H3,(H,33,37)(H2,34,35,38). The van der Waals surface area contributed by atoms with Crippen molar-refractivity contribution in [2.24, 2.45) is 5.92 Å². The molecule has 0 atom stereocenters. The van der Waals surface area contributed by atoms with E-state index in [9.17, 15) is 9.59 Å². The van der Waals surface area contributed by atoms with Crippen molar-refractivity contribution in [3.63, 3.8) is 0 Å². The van der Waals surface area contributed by atoms with Gasteiger partial charge < -0.3 is 30.3 Å². The van der Waals surface area contributed by atoms with Crippen LogP contribution in [0.3, 0.4) is 0 Å². The highest BCUT2D eigenvalue weighted by Crippen LogP contribution is 2.30. The first-order valence-corrected chi connectivity index (χ1v) is 14.1. The van der Waals surface area contributed by atoms with Gasteiger partial charge in [0.1, 0.15) is 5.75 Å². The maximum atomic E-state index is 13.3. The Morgan fingerprint density at radius 3 is 2.45 bits per heavy atom. The lowest BCUT2D eigenvalue weighted by Gasteiger charge is -2.35. The minimum Gasteiger partial charge on any atom is -0.495 e. The number of nitrogens with one attached hydrogen (secondary N) is 3. The highest BCUT2D eigenvalue weighted by Gasteiger charge is 2.24. The van der Waals surface area contributed by atoms with Gasteiger partial charge in [0.25, 0.3) is 5.91 Å². The fraction of sp³-hybridized carbons (Fsp3) is 0.375. The fourth-order valence-corrected chi connectivity index (χ4v) is 5.05. The number of ether oxygens (including phenoxy) is 2. The van der Waals surface area contributed by atoms with Crippen LogP contribution in [0, 0.1) is 5.92 Å². The van der Waals surface area contributed by atoms with Crippen molar-refractivity contribution in [1.29, 1.82) is 0 Å². The zero-order valence-electron chi connectivity index (χ0n) is 23.4. The number of rotatable bonds is 12. The maximum absolute atomic E-state index is 13.3. The molecule has 1 fully saturated rings. The molecule has 0 aliphatic carbocycles. The van der Waals surface area contributed by atoms with E-state index in [-0.39, 0.29) is 5.91 Å². The molecule has 0 radical (unpaired) electrons. The monoisotopic (exact) mass is 544 g/mol. The van der Waals surface area contributed by atoms with Crippen LogP contribution in [0.2, 0.25) is 0 Å². The van der Waals surface area contributed by atoms with E-state index < -0.39 is 6.03 Å². The number of benzene rings is 3. The predicted octanol–water partition coefficient (Wildman–Crippen LogP) is 5.95. The molecule has 1 saturated heterocycles.